The van der Waals surface area contributed by atoms with Crippen LogP contribution in [0.25, 0.3) is 0 Å². The van der Waals surface area contributed by atoms with Gasteiger partial charge in [-0.25, -0.2) is 0 Å². The molecule has 0 aliphatic carbocycles. The van der Waals surface area contributed by atoms with Gasteiger partial charge in [0.25, 0.3) is 0 Å². The number of unbranched alkanes of at least 4 members (excludes halogenated alkanes) is 2. The molecular formula is C17H17Br2Cl4NO3. The second-order valence-electron chi connectivity index (χ2n) is 4.94. The van der Waals surface area contributed by atoms with Crippen molar-refractivity contribution in [1.82, 2.24) is 0 Å². The van der Waals surface area contributed by atoms with Gasteiger partial charge in [0.1, 0.15) is 23.5 Å². The molecule has 10 heteroatoms. The standard InChI is InChI=1S/C17H17Br2Cl4NO3/c18-15(19)4-9-27-24-6-2-1-3-7-26-17-13(20)10-12(11-14(17)21)25-8-5-16(22)23/h4-6,10-11H,1-3,7-9H2/b24-6+. The Balaban J connectivity index is 2.31. The molecule has 0 saturated heterocycles. The SMILES string of the molecule is ClC(Cl)=CCOc1cc(Cl)c(OCCCC/C=N/OCC=C(Br)Br)c(Cl)c1. The van der Waals surface area contributed by atoms with Gasteiger partial charge in [-0.05, 0) is 63.3 Å². The van der Waals surface area contributed by atoms with Gasteiger partial charge in [0, 0.05) is 18.3 Å². The minimum atomic E-state index is 0.132. The smallest absolute Gasteiger partial charge is 0.156 e. The highest BCUT2D eigenvalue weighted by molar-refractivity contribution is 9.28. The Kier molecular flexibility index (Phi) is 13.7. The fraction of sp³-hybridized carbons (Fsp3) is 0.353. The van der Waals surface area contributed by atoms with E-state index in [0.717, 1.165) is 22.7 Å². The molecule has 1 aromatic rings. The van der Waals surface area contributed by atoms with E-state index >= 15 is 0 Å². The third-order valence-electron chi connectivity index (χ3n) is 2.89. The van der Waals surface area contributed by atoms with E-state index in [1.807, 2.05) is 0 Å². The van der Waals surface area contributed by atoms with Crippen LogP contribution < -0.4 is 9.47 Å². The average Bonchev–Trinajstić information content (AvgIpc) is 2.58. The summed E-state index contributed by atoms with van der Waals surface area (Å²) < 4.78 is 12.1. The Bertz CT molecular complexity index is 653. The van der Waals surface area contributed by atoms with E-state index < -0.39 is 0 Å². The van der Waals surface area contributed by atoms with Crippen LogP contribution in [0, 0.1) is 0 Å². The van der Waals surface area contributed by atoms with Crippen molar-refractivity contribution in [2.24, 2.45) is 5.16 Å². The Labute approximate surface area is 195 Å². The van der Waals surface area contributed by atoms with Crippen molar-refractivity contribution in [2.45, 2.75) is 19.3 Å². The predicted molar refractivity (Wildman–Crippen MR) is 121 cm³/mol. The first-order valence-electron chi connectivity index (χ1n) is 7.81. The molecule has 0 aliphatic rings. The number of ether oxygens (including phenoxy) is 2. The second-order valence-corrected chi connectivity index (χ2v) is 9.54. The Morgan fingerprint density at radius 3 is 2.33 bits per heavy atom. The zero-order valence-corrected chi connectivity index (χ0v) is 20.3. The molecule has 0 unspecified atom stereocenters. The zero-order chi connectivity index (χ0) is 20.1. The van der Waals surface area contributed by atoms with Crippen LogP contribution in [0.1, 0.15) is 19.3 Å². The monoisotopic (exact) mass is 581 g/mol. The molecule has 0 aromatic heterocycles. The van der Waals surface area contributed by atoms with E-state index in [1.165, 1.54) is 6.08 Å². The van der Waals surface area contributed by atoms with Crippen LogP contribution in [0.3, 0.4) is 0 Å². The van der Waals surface area contributed by atoms with Crippen molar-refractivity contribution >= 4 is 84.5 Å². The third-order valence-corrected chi connectivity index (χ3v) is 4.41. The molecule has 0 heterocycles. The van der Waals surface area contributed by atoms with Crippen LogP contribution in [-0.4, -0.2) is 26.0 Å². The van der Waals surface area contributed by atoms with E-state index in [1.54, 1.807) is 24.4 Å². The summed E-state index contributed by atoms with van der Waals surface area (Å²) in [4.78, 5) is 5.04. The van der Waals surface area contributed by atoms with E-state index in [0.29, 0.717) is 34.8 Å². The highest BCUT2D eigenvalue weighted by Gasteiger charge is 2.10. The molecule has 0 radical (unpaired) electrons. The van der Waals surface area contributed by atoms with E-state index in [-0.39, 0.29) is 11.1 Å². The van der Waals surface area contributed by atoms with Crippen LogP contribution in [-0.2, 0) is 4.84 Å². The van der Waals surface area contributed by atoms with Crippen molar-refractivity contribution in [3.63, 3.8) is 0 Å². The number of rotatable bonds is 12. The predicted octanol–water partition coefficient (Wildman–Crippen LogP) is 7.87. The second kappa shape index (κ2) is 14.8. The van der Waals surface area contributed by atoms with E-state index in [9.17, 15) is 0 Å². The first kappa shape index (κ1) is 24.9. The van der Waals surface area contributed by atoms with Gasteiger partial charge in [-0.2, -0.15) is 0 Å². The Hall–Kier alpha value is -0.110. The fourth-order valence-electron chi connectivity index (χ4n) is 1.72. The first-order valence-corrected chi connectivity index (χ1v) is 10.9. The quantitative estimate of drug-likeness (QED) is 0.143. The molecule has 27 heavy (non-hydrogen) atoms. The summed E-state index contributed by atoms with van der Waals surface area (Å²) in [6.07, 6.45) is 7.55. The van der Waals surface area contributed by atoms with Gasteiger partial charge in [0.05, 0.1) is 20.0 Å². The number of halogens is 6. The topological polar surface area (TPSA) is 40.0 Å². The maximum Gasteiger partial charge on any atom is 0.156 e. The fourth-order valence-corrected chi connectivity index (χ4v) is 2.69. The Morgan fingerprint density at radius 2 is 1.70 bits per heavy atom. The van der Waals surface area contributed by atoms with Crippen LogP contribution in [0.5, 0.6) is 11.5 Å². The molecule has 150 valence electrons. The lowest BCUT2D eigenvalue weighted by Crippen LogP contribution is -2.00. The van der Waals surface area contributed by atoms with Gasteiger partial charge in [0.15, 0.2) is 5.75 Å². The zero-order valence-electron chi connectivity index (χ0n) is 14.1. The molecule has 0 N–H and O–H groups in total. The van der Waals surface area contributed by atoms with Crippen LogP contribution in [0.4, 0.5) is 0 Å². The molecule has 0 aliphatic heterocycles. The summed E-state index contributed by atoms with van der Waals surface area (Å²) in [5.41, 5.74) is 0. The normalized spacial score (nSPS) is 10.6. The summed E-state index contributed by atoms with van der Waals surface area (Å²) in [5.74, 6) is 0.932. The number of oxime groups is 1. The minimum Gasteiger partial charge on any atom is -0.490 e. The summed E-state index contributed by atoms with van der Waals surface area (Å²) >= 11 is 29.9. The molecule has 1 rings (SSSR count). The van der Waals surface area contributed by atoms with Gasteiger partial charge in [-0.3, -0.25) is 0 Å². The maximum absolute atomic E-state index is 6.20. The lowest BCUT2D eigenvalue weighted by molar-refractivity contribution is 0.175. The van der Waals surface area contributed by atoms with Gasteiger partial charge in [0.2, 0.25) is 0 Å². The number of benzene rings is 1. The van der Waals surface area contributed by atoms with Crippen LogP contribution in [0.2, 0.25) is 10.0 Å². The van der Waals surface area contributed by atoms with E-state index in [4.69, 9.17) is 60.7 Å². The van der Waals surface area contributed by atoms with Gasteiger partial charge >= 0.3 is 0 Å². The highest BCUT2D eigenvalue weighted by atomic mass is 79.9. The van der Waals surface area contributed by atoms with Gasteiger partial charge in [-0.1, -0.05) is 51.6 Å². The van der Waals surface area contributed by atoms with Crippen molar-refractivity contribution in [1.29, 1.82) is 0 Å². The lowest BCUT2D eigenvalue weighted by Gasteiger charge is -2.12. The van der Waals surface area contributed by atoms with Crippen molar-refractivity contribution < 1.29 is 14.3 Å². The molecule has 0 bridgehead atoms. The molecule has 0 saturated carbocycles. The average molecular weight is 585 g/mol. The molecule has 0 amide bonds. The molecular weight excluding hydrogens is 568 g/mol. The van der Waals surface area contributed by atoms with Crippen molar-refractivity contribution in [3.8, 4) is 11.5 Å². The minimum absolute atomic E-state index is 0.132. The van der Waals surface area contributed by atoms with Crippen LogP contribution in [0.15, 0.2) is 37.3 Å². The third kappa shape index (κ3) is 12.1. The number of hydrogen-bond acceptors (Lipinski definition) is 4. The van der Waals surface area contributed by atoms with Crippen LogP contribution >= 0.6 is 78.3 Å². The summed E-state index contributed by atoms with van der Waals surface area (Å²) in [5, 5.41) is 4.59. The van der Waals surface area contributed by atoms with Gasteiger partial charge in [-0.15, -0.1) is 0 Å². The van der Waals surface area contributed by atoms with Gasteiger partial charge < -0.3 is 14.3 Å². The van der Waals surface area contributed by atoms with E-state index in [2.05, 4.69) is 37.0 Å². The van der Waals surface area contributed by atoms with Crippen molar-refractivity contribution in [3.05, 3.63) is 42.2 Å². The van der Waals surface area contributed by atoms with Crippen molar-refractivity contribution in [2.75, 3.05) is 19.8 Å². The lowest BCUT2D eigenvalue weighted by atomic mass is 10.2. The molecule has 0 spiro atoms. The molecule has 0 atom stereocenters. The highest BCUT2D eigenvalue weighted by Crippen LogP contribution is 2.37. The largest absolute Gasteiger partial charge is 0.490 e. The Morgan fingerprint density at radius 1 is 1.00 bits per heavy atom. The molecule has 0 fully saturated rings. The molecule has 4 nitrogen and oxygen atoms in total. The number of hydrogen-bond donors (Lipinski definition) is 0. The summed E-state index contributed by atoms with van der Waals surface area (Å²) in [6, 6.07) is 3.25. The maximum atomic E-state index is 6.20. The summed E-state index contributed by atoms with van der Waals surface area (Å²) in [6.45, 7) is 1.10. The molecule has 1 aromatic carbocycles. The number of nitrogens with zero attached hydrogens (tertiary/aromatic N) is 1. The summed E-state index contributed by atoms with van der Waals surface area (Å²) in [7, 11) is 0. The first-order chi connectivity index (χ1) is 12.9.